The van der Waals surface area contributed by atoms with Crippen molar-refractivity contribution in [3.8, 4) is 0 Å². The van der Waals surface area contributed by atoms with E-state index in [0.29, 0.717) is 0 Å². The summed E-state index contributed by atoms with van der Waals surface area (Å²) in [4.78, 5) is 0. The molecule has 2 heteroatoms. The lowest BCUT2D eigenvalue weighted by atomic mass is 9.68. The first kappa shape index (κ1) is 12.4. The van der Waals surface area contributed by atoms with E-state index in [4.69, 9.17) is 0 Å². The maximum absolute atomic E-state index is 9.80. The van der Waals surface area contributed by atoms with Gasteiger partial charge in [-0.3, -0.25) is 0 Å². The predicted octanol–water partition coefficient (Wildman–Crippen LogP) is 3.48. The highest BCUT2D eigenvalue weighted by Crippen LogP contribution is 2.04. The van der Waals surface area contributed by atoms with Gasteiger partial charge in [0, 0.05) is 0 Å². The Balaban J connectivity index is 1.95. The molecule has 0 amide bonds. The minimum Gasteiger partial charge on any atom is -0.443 e. The van der Waals surface area contributed by atoms with Crippen molar-refractivity contribution in [3.05, 3.63) is 83.7 Å². The van der Waals surface area contributed by atoms with Crippen LogP contribution in [0.4, 0.5) is 0 Å². The summed E-state index contributed by atoms with van der Waals surface area (Å²) in [6.45, 7) is -0.564. The van der Waals surface area contributed by atoms with Crippen LogP contribution in [0.25, 0.3) is 12.2 Å². The third-order valence-corrected chi connectivity index (χ3v) is 2.57. The van der Waals surface area contributed by atoms with E-state index in [1.54, 1.807) is 12.0 Å². The van der Waals surface area contributed by atoms with E-state index >= 15 is 0 Å². The topological polar surface area (TPSA) is 20.2 Å². The molecule has 18 heavy (non-hydrogen) atoms. The highest BCUT2D eigenvalue weighted by Gasteiger charge is 1.99. The van der Waals surface area contributed by atoms with Gasteiger partial charge in [0.05, 0.1) is 0 Å². The molecule has 0 spiro atoms. The average Bonchev–Trinajstić information content (AvgIpc) is 2.45. The minimum atomic E-state index is -0.564. The summed E-state index contributed by atoms with van der Waals surface area (Å²) in [5.41, 5.74) is 2.18. The van der Waals surface area contributed by atoms with E-state index in [9.17, 15) is 5.02 Å². The van der Waals surface area contributed by atoms with Crippen LogP contribution in [0.5, 0.6) is 0 Å². The number of hydrogen-bond donors (Lipinski definition) is 1. The second-order valence-electron chi connectivity index (χ2n) is 4.03. The van der Waals surface area contributed by atoms with E-state index in [2.05, 4.69) is 0 Å². The van der Waals surface area contributed by atoms with Crippen LogP contribution in [0.2, 0.25) is 0 Å². The standard InChI is InChI=1S/C16H15BO/c18-17(13-11-15-7-3-1-4-8-15)14-12-16-9-5-2-6-10-16/h1-14,18H. The zero-order chi connectivity index (χ0) is 12.6. The Kier molecular flexibility index (Phi) is 4.56. The first-order chi connectivity index (χ1) is 8.84. The normalized spacial score (nSPS) is 11.2. The van der Waals surface area contributed by atoms with Gasteiger partial charge < -0.3 is 5.02 Å². The Morgan fingerprint density at radius 2 is 1.06 bits per heavy atom. The maximum Gasteiger partial charge on any atom is 0.343 e. The zero-order valence-electron chi connectivity index (χ0n) is 10.1. The lowest BCUT2D eigenvalue weighted by Crippen LogP contribution is -2.03. The monoisotopic (exact) mass is 234 g/mol. The highest BCUT2D eigenvalue weighted by atomic mass is 16.2. The number of hydrogen-bond acceptors (Lipinski definition) is 1. The van der Waals surface area contributed by atoms with Gasteiger partial charge in [0.2, 0.25) is 0 Å². The molecule has 0 aromatic heterocycles. The van der Waals surface area contributed by atoms with Gasteiger partial charge in [-0.25, -0.2) is 0 Å². The van der Waals surface area contributed by atoms with Crippen LogP contribution in [0, 0.1) is 0 Å². The molecule has 0 heterocycles. The highest BCUT2D eigenvalue weighted by molar-refractivity contribution is 6.63. The lowest BCUT2D eigenvalue weighted by Gasteiger charge is -1.95. The summed E-state index contributed by atoms with van der Waals surface area (Å²) >= 11 is 0. The van der Waals surface area contributed by atoms with Crippen LogP contribution in [-0.2, 0) is 0 Å². The van der Waals surface area contributed by atoms with Crippen LogP contribution in [0.15, 0.2) is 72.6 Å². The predicted molar refractivity (Wildman–Crippen MR) is 78.9 cm³/mol. The van der Waals surface area contributed by atoms with Gasteiger partial charge in [-0.1, -0.05) is 84.8 Å². The molecular weight excluding hydrogens is 219 g/mol. The van der Waals surface area contributed by atoms with Crippen molar-refractivity contribution < 1.29 is 5.02 Å². The molecule has 2 rings (SSSR count). The van der Waals surface area contributed by atoms with Crippen LogP contribution in [-0.4, -0.2) is 11.9 Å². The molecule has 0 bridgehead atoms. The first-order valence-corrected chi connectivity index (χ1v) is 5.99. The molecule has 1 N–H and O–H groups in total. The lowest BCUT2D eigenvalue weighted by molar-refractivity contribution is 0.598. The van der Waals surface area contributed by atoms with Crippen LogP contribution >= 0.6 is 0 Å². The van der Waals surface area contributed by atoms with Gasteiger partial charge in [0.25, 0.3) is 0 Å². The summed E-state index contributed by atoms with van der Waals surface area (Å²) in [5, 5.41) is 9.80. The molecule has 0 aliphatic carbocycles. The molecule has 0 aliphatic rings. The van der Waals surface area contributed by atoms with Crippen molar-refractivity contribution in [1.29, 1.82) is 0 Å². The molecular formula is C16H15BO. The third-order valence-electron chi connectivity index (χ3n) is 2.57. The molecule has 0 radical (unpaired) electrons. The van der Waals surface area contributed by atoms with Gasteiger partial charge in [-0.05, 0) is 11.1 Å². The van der Waals surface area contributed by atoms with Gasteiger partial charge in [-0.2, -0.15) is 0 Å². The second kappa shape index (κ2) is 6.62. The Hall–Kier alpha value is -2.06. The van der Waals surface area contributed by atoms with Crippen molar-refractivity contribution in [2.75, 3.05) is 0 Å². The third kappa shape index (κ3) is 4.08. The van der Waals surface area contributed by atoms with E-state index < -0.39 is 6.92 Å². The Morgan fingerprint density at radius 3 is 1.44 bits per heavy atom. The van der Waals surface area contributed by atoms with Gasteiger partial charge >= 0.3 is 6.92 Å². The van der Waals surface area contributed by atoms with Crippen molar-refractivity contribution in [2.24, 2.45) is 0 Å². The van der Waals surface area contributed by atoms with Gasteiger partial charge in [0.15, 0.2) is 0 Å². The molecule has 0 saturated carbocycles. The van der Waals surface area contributed by atoms with Crippen LogP contribution in [0.1, 0.15) is 11.1 Å². The SMILES string of the molecule is OB(C=Cc1ccccc1)C=Cc1ccccc1. The van der Waals surface area contributed by atoms with E-state index in [0.717, 1.165) is 11.1 Å². The largest absolute Gasteiger partial charge is 0.443 e. The fourth-order valence-electron chi connectivity index (χ4n) is 1.61. The molecule has 0 saturated heterocycles. The summed E-state index contributed by atoms with van der Waals surface area (Å²) in [7, 11) is 0. The average molecular weight is 234 g/mol. The second-order valence-corrected chi connectivity index (χ2v) is 4.03. The minimum absolute atomic E-state index is 0.564. The van der Waals surface area contributed by atoms with Crippen LogP contribution in [0.3, 0.4) is 0 Å². The fraction of sp³-hybridized carbons (Fsp3) is 0. The maximum atomic E-state index is 9.80. The smallest absolute Gasteiger partial charge is 0.343 e. The summed E-state index contributed by atoms with van der Waals surface area (Å²) in [6.07, 6.45) is 3.83. The molecule has 0 atom stereocenters. The first-order valence-electron chi connectivity index (χ1n) is 5.99. The van der Waals surface area contributed by atoms with Crippen molar-refractivity contribution in [2.45, 2.75) is 0 Å². The molecule has 0 unspecified atom stereocenters. The molecule has 2 aromatic rings. The Bertz CT molecular complexity index is 468. The molecule has 0 aliphatic heterocycles. The number of rotatable bonds is 4. The van der Waals surface area contributed by atoms with E-state index in [1.807, 2.05) is 72.8 Å². The zero-order valence-corrected chi connectivity index (χ0v) is 10.1. The Morgan fingerprint density at radius 1 is 0.667 bits per heavy atom. The summed E-state index contributed by atoms with van der Waals surface area (Å²) in [5.74, 6) is 3.55. The number of benzene rings is 2. The summed E-state index contributed by atoms with van der Waals surface area (Å²) in [6, 6.07) is 19.9. The fourth-order valence-corrected chi connectivity index (χ4v) is 1.61. The van der Waals surface area contributed by atoms with Crippen molar-refractivity contribution in [3.63, 3.8) is 0 Å². The molecule has 1 nitrogen and oxygen atoms in total. The van der Waals surface area contributed by atoms with Gasteiger partial charge in [0.1, 0.15) is 0 Å². The van der Waals surface area contributed by atoms with E-state index in [1.165, 1.54) is 0 Å². The molecule has 0 fully saturated rings. The molecule has 2 aromatic carbocycles. The molecule has 88 valence electrons. The van der Waals surface area contributed by atoms with Gasteiger partial charge in [-0.15, -0.1) is 0 Å². The Labute approximate surface area is 108 Å². The quantitative estimate of drug-likeness (QED) is 0.803. The van der Waals surface area contributed by atoms with Crippen molar-refractivity contribution >= 4 is 19.1 Å². The summed E-state index contributed by atoms with van der Waals surface area (Å²) < 4.78 is 0. The van der Waals surface area contributed by atoms with Crippen molar-refractivity contribution in [1.82, 2.24) is 0 Å². The van der Waals surface area contributed by atoms with Crippen LogP contribution < -0.4 is 0 Å². The van der Waals surface area contributed by atoms with E-state index in [-0.39, 0.29) is 0 Å².